The van der Waals surface area contributed by atoms with E-state index in [-0.39, 0.29) is 69.5 Å². The molecule has 0 aliphatic carbocycles. The molecule has 98 heavy (non-hydrogen) atoms. The van der Waals surface area contributed by atoms with Gasteiger partial charge in [-0.3, -0.25) is 86.7 Å². The lowest BCUT2D eigenvalue weighted by molar-refractivity contribution is -0.146. The second kappa shape index (κ2) is 45.7. The number of aliphatic imine (C=N–C) groups is 2. The number of carbonyl (C=O) groups excluding carboxylic acids is 14. The number of aliphatic hydroxyl groups excluding tert-OH is 2. The summed E-state index contributed by atoms with van der Waals surface area (Å²) >= 11 is 4.18. The van der Waals surface area contributed by atoms with E-state index < -0.39 is 224 Å². The van der Waals surface area contributed by atoms with E-state index in [0.717, 1.165) is 25.7 Å². The third kappa shape index (κ3) is 34.8. The molecule has 0 bridgehead atoms. The van der Waals surface area contributed by atoms with Gasteiger partial charge in [0.2, 0.25) is 82.7 Å². The first-order valence-corrected chi connectivity index (χ1v) is 31.9. The van der Waals surface area contributed by atoms with Gasteiger partial charge in [-0.25, -0.2) is 0 Å². The molecule has 0 aromatic carbocycles. The van der Waals surface area contributed by atoms with Crippen molar-refractivity contribution in [3.63, 3.8) is 0 Å². The summed E-state index contributed by atoms with van der Waals surface area (Å²) in [7, 11) is 0. The molecule has 0 spiro atoms. The molecular weight excluding hydrogens is 1320 g/mol. The Morgan fingerprint density at radius 1 is 0.480 bits per heavy atom. The summed E-state index contributed by atoms with van der Waals surface area (Å²) < 4.78 is 0. The average molecular weight is 1420 g/mol. The topological polar surface area (TPSA) is 656 Å². The summed E-state index contributed by atoms with van der Waals surface area (Å²) in [6.07, 6.45) is -4.33. The van der Waals surface area contributed by atoms with Crippen LogP contribution in [-0.2, 0) is 76.7 Å². The normalized spacial score (nSPS) is 14.9. The molecule has 14 amide bonds. The molecule has 26 N–H and O–H groups in total. The molecule has 0 saturated carbocycles. The van der Waals surface area contributed by atoms with Gasteiger partial charge in [0.05, 0.1) is 19.4 Å². The van der Waals surface area contributed by atoms with Crippen LogP contribution in [0.2, 0.25) is 0 Å². The van der Waals surface area contributed by atoms with Crippen molar-refractivity contribution in [2.45, 2.75) is 199 Å². The van der Waals surface area contributed by atoms with Crippen molar-refractivity contribution in [3.05, 3.63) is 0 Å². The minimum atomic E-state index is -1.85. The number of nitrogens with one attached hydrogen (secondary N) is 12. The zero-order valence-corrected chi connectivity index (χ0v) is 57.3. The first-order chi connectivity index (χ1) is 45.7. The second-order valence-electron chi connectivity index (χ2n) is 23.3. The average Bonchev–Trinajstić information content (AvgIpc) is 0.837. The van der Waals surface area contributed by atoms with Crippen LogP contribution in [0.3, 0.4) is 0 Å². The molecule has 41 heteroatoms. The van der Waals surface area contributed by atoms with Crippen LogP contribution in [-0.4, -0.2) is 243 Å². The van der Waals surface area contributed by atoms with E-state index in [1.54, 1.807) is 27.7 Å². The van der Waals surface area contributed by atoms with Crippen LogP contribution < -0.4 is 92.5 Å². The van der Waals surface area contributed by atoms with E-state index in [1.807, 2.05) is 0 Å². The summed E-state index contributed by atoms with van der Waals surface area (Å²) in [6.45, 7) is 9.77. The number of hydrogen-bond donors (Lipinski definition) is 22. The van der Waals surface area contributed by atoms with Gasteiger partial charge in [-0.05, 0) is 77.6 Å². The molecule has 0 aromatic heterocycles. The SMILES string of the molecule is CC[C@H](C)[C@H](NC(=O)[C@H](CCCN=C(N)N)NC(=O)[C@H](C)NC(=O)[C@H](C)NC(=O)[C@H](CCCN=C(N)N)NC(=O)[C@H](CCC(N)=O)NC(=O)[C@H](CCC(=O)O)NC(=O)[C@H](CS)N(CNC(C)=O)C(=O)[C@@H](NC(C)=O)[C@@H](C)O)C(=O)N[C@@H](CO)C(=O)N[C@@H](CC(C)C)C(=O)NCC(=O)O. The molecular formula is C57H100N20O20S. The van der Waals surface area contributed by atoms with Crippen molar-refractivity contribution in [3.8, 4) is 0 Å². The maximum absolute atomic E-state index is 14.2. The summed E-state index contributed by atoms with van der Waals surface area (Å²) in [5.41, 5.74) is 27.3. The molecule has 13 atom stereocenters. The smallest absolute Gasteiger partial charge is 0.322 e. The van der Waals surface area contributed by atoms with Gasteiger partial charge >= 0.3 is 11.9 Å². The first kappa shape index (κ1) is 88.3. The van der Waals surface area contributed by atoms with Gasteiger partial charge in [0.25, 0.3) is 0 Å². The van der Waals surface area contributed by atoms with Gasteiger partial charge in [-0.15, -0.1) is 0 Å². The Balaban J connectivity index is 6.95. The van der Waals surface area contributed by atoms with Crippen molar-refractivity contribution < 1.29 is 97.1 Å². The lowest BCUT2D eigenvalue weighted by atomic mass is 9.97. The van der Waals surface area contributed by atoms with Crippen LogP contribution in [0.1, 0.15) is 127 Å². The molecule has 0 fully saturated rings. The Bertz CT molecular complexity index is 2840. The predicted molar refractivity (Wildman–Crippen MR) is 353 cm³/mol. The van der Waals surface area contributed by atoms with Crippen LogP contribution in [0.15, 0.2) is 9.98 Å². The summed E-state index contributed by atoms with van der Waals surface area (Å²) in [6, 6.07) is -17.5. The number of aliphatic carboxylic acids is 2. The van der Waals surface area contributed by atoms with Crippen LogP contribution in [0.4, 0.5) is 0 Å². The van der Waals surface area contributed by atoms with Gasteiger partial charge in [0.1, 0.15) is 73.0 Å². The minimum absolute atomic E-state index is 0.0327. The van der Waals surface area contributed by atoms with Crippen molar-refractivity contribution >= 4 is 119 Å². The molecule has 0 unspecified atom stereocenters. The number of aliphatic hydroxyl groups is 2. The monoisotopic (exact) mass is 1420 g/mol. The highest BCUT2D eigenvalue weighted by atomic mass is 32.1. The Hall–Kier alpha value is -9.67. The standard InChI is InChI=1S/C57H100N20O20S/c1-10-27(4)43(54(96)75-38(23-78)52(94)74-37(21-26(2)3)47(89)65-22-42(85)86)76-51(93)34(14-12-20-64-57(61)62)70-46(88)29(6)67-45(87)28(5)68-48(90)33(13-11-19-63-56(59)60)71-49(91)35(15-17-40(58)82)72-50(92)36(16-18-41(83)84)73-53(95)39(24-98)77(25-66-31(8)80)55(97)44(30(7)79)69-32(9)81/h26-30,33-39,43-44,78-79,98H,10-25H2,1-9H3,(H2,58,82)(H,65,89)(H,66,80)(H,67,87)(H,68,90)(H,69,81)(H,70,88)(H,71,91)(H,72,92)(H,73,95)(H,74,94)(H,75,96)(H,76,93)(H,83,84)(H,85,86)(H4,59,60,63)(H4,61,62,64)/t27-,28-,29-,30+,33-,34-,35-,36-,37-,38-,39-,43-,44-/m0/s1. The third-order valence-electron chi connectivity index (χ3n) is 14.4. The fourth-order valence-electron chi connectivity index (χ4n) is 8.85. The largest absolute Gasteiger partial charge is 0.481 e. The van der Waals surface area contributed by atoms with E-state index in [1.165, 1.54) is 13.8 Å². The number of rotatable bonds is 47. The minimum Gasteiger partial charge on any atom is -0.481 e. The number of guanidine groups is 2. The van der Waals surface area contributed by atoms with Crippen LogP contribution >= 0.6 is 12.6 Å². The Morgan fingerprint density at radius 2 is 0.908 bits per heavy atom. The highest BCUT2D eigenvalue weighted by molar-refractivity contribution is 7.80. The highest BCUT2D eigenvalue weighted by Gasteiger charge is 2.39. The molecule has 0 aliphatic heterocycles. The van der Waals surface area contributed by atoms with Crippen LogP contribution in [0.5, 0.6) is 0 Å². The van der Waals surface area contributed by atoms with E-state index in [2.05, 4.69) is 86.4 Å². The van der Waals surface area contributed by atoms with E-state index in [4.69, 9.17) is 33.8 Å². The zero-order chi connectivity index (χ0) is 75.3. The fourth-order valence-corrected chi connectivity index (χ4v) is 9.21. The highest BCUT2D eigenvalue weighted by Crippen LogP contribution is 2.14. The Labute approximate surface area is 571 Å². The molecule has 0 heterocycles. The molecule has 0 aliphatic rings. The first-order valence-electron chi connectivity index (χ1n) is 31.3. The molecule has 0 rings (SSSR count). The van der Waals surface area contributed by atoms with Crippen LogP contribution in [0, 0.1) is 11.8 Å². The lowest BCUT2D eigenvalue weighted by Crippen LogP contribution is -2.63. The Kier molecular flexibility index (Phi) is 41.2. The number of primary amides is 1. The van der Waals surface area contributed by atoms with E-state index in [0.29, 0.717) is 0 Å². The van der Waals surface area contributed by atoms with Crippen LogP contribution in [0.25, 0.3) is 0 Å². The predicted octanol–water partition coefficient (Wildman–Crippen LogP) is -8.98. The molecule has 0 radical (unpaired) electrons. The molecule has 554 valence electrons. The zero-order valence-electron chi connectivity index (χ0n) is 56.4. The van der Waals surface area contributed by atoms with Crippen molar-refractivity contribution in [2.24, 2.45) is 50.5 Å². The summed E-state index contributed by atoms with van der Waals surface area (Å²) in [5, 5.41) is 67.7. The molecule has 0 saturated heterocycles. The number of thiol groups is 1. The summed E-state index contributed by atoms with van der Waals surface area (Å²) in [4.78, 5) is 220. The third-order valence-corrected chi connectivity index (χ3v) is 14.7. The van der Waals surface area contributed by atoms with Gasteiger partial charge in [0.15, 0.2) is 11.9 Å². The number of nitrogens with two attached hydrogens (primary N) is 5. The number of hydrogen-bond acceptors (Lipinski definition) is 21. The number of nitrogens with zero attached hydrogens (tertiary/aromatic N) is 3. The molecule has 40 nitrogen and oxygen atoms in total. The maximum atomic E-state index is 14.2. The maximum Gasteiger partial charge on any atom is 0.322 e. The van der Waals surface area contributed by atoms with Gasteiger partial charge in [0, 0.05) is 45.5 Å². The summed E-state index contributed by atoms with van der Waals surface area (Å²) in [5.74, 6) is -18.8. The van der Waals surface area contributed by atoms with E-state index >= 15 is 0 Å². The lowest BCUT2D eigenvalue weighted by Gasteiger charge is -2.34. The quantitative estimate of drug-likeness (QED) is 0.00884. The number of carbonyl (C=O) groups is 16. The second-order valence-corrected chi connectivity index (χ2v) is 23.6. The van der Waals surface area contributed by atoms with Crippen molar-refractivity contribution in [2.75, 3.05) is 38.7 Å². The molecule has 0 aromatic rings. The number of amides is 14. The van der Waals surface area contributed by atoms with Crippen molar-refractivity contribution in [1.82, 2.24) is 68.7 Å². The van der Waals surface area contributed by atoms with Crippen molar-refractivity contribution in [1.29, 1.82) is 0 Å². The van der Waals surface area contributed by atoms with Gasteiger partial charge < -0.3 is 118 Å². The Morgan fingerprint density at radius 3 is 1.34 bits per heavy atom. The van der Waals surface area contributed by atoms with Gasteiger partial charge in [-0.1, -0.05) is 34.1 Å². The fraction of sp³-hybridized carbons (Fsp3) is 0.684. The van der Waals surface area contributed by atoms with Gasteiger partial charge in [-0.2, -0.15) is 12.6 Å². The number of carboxylic acids is 2. The number of carboxylic acid groups (broad SMARTS) is 2. The van der Waals surface area contributed by atoms with E-state index in [9.17, 15) is 92.0 Å².